The van der Waals surface area contributed by atoms with Gasteiger partial charge in [-0.05, 0) is 63.8 Å². The SMILES string of the molecule is C=C1C=CC=C(c2ccc(N)c(CN)c2)C(c2cccc(O)c2)=C1. The second-order valence-electron chi connectivity index (χ2n) is 5.74. The molecule has 0 aliphatic heterocycles. The Morgan fingerprint density at radius 1 is 1.00 bits per heavy atom. The zero-order valence-electron chi connectivity index (χ0n) is 13.4. The fourth-order valence-corrected chi connectivity index (χ4v) is 2.78. The predicted octanol–water partition coefficient (Wildman–Crippen LogP) is 4.03. The monoisotopic (exact) mass is 316 g/mol. The third-order valence-corrected chi connectivity index (χ3v) is 4.02. The highest BCUT2D eigenvalue weighted by Gasteiger charge is 2.14. The predicted molar refractivity (Wildman–Crippen MR) is 101 cm³/mol. The molecule has 5 N–H and O–H groups in total. The molecule has 1 aliphatic carbocycles. The second kappa shape index (κ2) is 6.60. The van der Waals surface area contributed by atoms with Crippen LogP contribution in [0.3, 0.4) is 0 Å². The number of nitrogens with two attached hydrogens (primary N) is 2. The number of rotatable bonds is 3. The van der Waals surface area contributed by atoms with E-state index in [0.717, 1.165) is 33.4 Å². The number of benzene rings is 2. The first kappa shape index (κ1) is 15.8. The summed E-state index contributed by atoms with van der Waals surface area (Å²) in [7, 11) is 0. The van der Waals surface area contributed by atoms with Crippen LogP contribution in [0.4, 0.5) is 5.69 Å². The molecule has 3 rings (SSSR count). The Balaban J connectivity index is 2.16. The zero-order valence-corrected chi connectivity index (χ0v) is 13.4. The number of anilines is 1. The molecule has 0 saturated heterocycles. The molecule has 2 aromatic carbocycles. The van der Waals surface area contributed by atoms with E-state index < -0.39 is 0 Å². The standard InChI is InChI=1S/C21H20N2O/c1-14-4-2-7-19(16-8-9-21(23)17(11-16)13-22)20(10-14)15-5-3-6-18(24)12-15/h2-12,24H,1,13,22-23H2. The van der Waals surface area contributed by atoms with E-state index in [-0.39, 0.29) is 5.75 Å². The van der Waals surface area contributed by atoms with Gasteiger partial charge >= 0.3 is 0 Å². The number of phenolic OH excluding ortho intramolecular Hbond substituents is 1. The Kier molecular flexibility index (Phi) is 4.36. The summed E-state index contributed by atoms with van der Waals surface area (Å²) in [6.07, 6.45) is 7.99. The Morgan fingerprint density at radius 3 is 2.54 bits per heavy atom. The van der Waals surface area contributed by atoms with Gasteiger partial charge in [-0.15, -0.1) is 0 Å². The Hall–Kier alpha value is -3.04. The van der Waals surface area contributed by atoms with Crippen molar-refractivity contribution in [1.29, 1.82) is 0 Å². The number of nitrogen functional groups attached to an aromatic ring is 1. The van der Waals surface area contributed by atoms with E-state index in [4.69, 9.17) is 11.5 Å². The van der Waals surface area contributed by atoms with Crippen LogP contribution in [0.1, 0.15) is 16.7 Å². The van der Waals surface area contributed by atoms with E-state index in [0.29, 0.717) is 12.2 Å². The molecular weight excluding hydrogens is 296 g/mol. The van der Waals surface area contributed by atoms with Crippen LogP contribution in [-0.4, -0.2) is 5.11 Å². The fraction of sp³-hybridized carbons (Fsp3) is 0.0476. The minimum Gasteiger partial charge on any atom is -0.508 e. The average Bonchev–Trinajstić information content (AvgIpc) is 2.77. The van der Waals surface area contributed by atoms with Gasteiger partial charge in [-0.1, -0.05) is 43.0 Å². The molecule has 2 aromatic rings. The fourth-order valence-electron chi connectivity index (χ4n) is 2.78. The molecule has 0 fully saturated rings. The molecule has 0 bridgehead atoms. The van der Waals surface area contributed by atoms with Crippen LogP contribution < -0.4 is 11.5 Å². The van der Waals surface area contributed by atoms with E-state index in [1.165, 1.54) is 0 Å². The number of hydrogen-bond acceptors (Lipinski definition) is 3. The minimum absolute atomic E-state index is 0.232. The summed E-state index contributed by atoms with van der Waals surface area (Å²) >= 11 is 0. The highest BCUT2D eigenvalue weighted by molar-refractivity contribution is 6.07. The zero-order chi connectivity index (χ0) is 17.1. The van der Waals surface area contributed by atoms with Crippen LogP contribution >= 0.6 is 0 Å². The highest BCUT2D eigenvalue weighted by atomic mass is 16.3. The lowest BCUT2D eigenvalue weighted by Gasteiger charge is -2.15. The number of allylic oxidation sites excluding steroid dienone is 7. The molecule has 24 heavy (non-hydrogen) atoms. The van der Waals surface area contributed by atoms with E-state index >= 15 is 0 Å². The molecule has 0 atom stereocenters. The van der Waals surface area contributed by atoms with Gasteiger partial charge in [0.05, 0.1) is 0 Å². The largest absolute Gasteiger partial charge is 0.508 e. The van der Waals surface area contributed by atoms with Gasteiger partial charge < -0.3 is 16.6 Å². The molecule has 0 spiro atoms. The van der Waals surface area contributed by atoms with Crippen molar-refractivity contribution < 1.29 is 5.11 Å². The summed E-state index contributed by atoms with van der Waals surface area (Å²) in [5, 5.41) is 9.84. The molecular formula is C21H20N2O. The molecule has 3 nitrogen and oxygen atoms in total. The van der Waals surface area contributed by atoms with Crippen LogP contribution in [0.5, 0.6) is 5.75 Å². The maximum absolute atomic E-state index is 9.84. The molecule has 0 amide bonds. The van der Waals surface area contributed by atoms with Crippen molar-refractivity contribution in [1.82, 2.24) is 0 Å². The van der Waals surface area contributed by atoms with Gasteiger partial charge in [-0.3, -0.25) is 0 Å². The Labute approximate surface area is 141 Å². The summed E-state index contributed by atoms with van der Waals surface area (Å²) < 4.78 is 0. The van der Waals surface area contributed by atoms with Gasteiger partial charge in [-0.2, -0.15) is 0 Å². The third kappa shape index (κ3) is 3.16. The quantitative estimate of drug-likeness (QED) is 0.749. The molecule has 0 aromatic heterocycles. The van der Waals surface area contributed by atoms with Crippen molar-refractivity contribution in [3.8, 4) is 5.75 Å². The van der Waals surface area contributed by atoms with Crippen LogP contribution in [0.25, 0.3) is 11.1 Å². The maximum Gasteiger partial charge on any atom is 0.116 e. The molecule has 3 heteroatoms. The molecule has 0 radical (unpaired) electrons. The summed E-state index contributed by atoms with van der Waals surface area (Å²) in [4.78, 5) is 0. The number of phenols is 1. The summed E-state index contributed by atoms with van der Waals surface area (Å²) in [5.74, 6) is 0.232. The van der Waals surface area contributed by atoms with Crippen molar-refractivity contribution in [2.45, 2.75) is 6.54 Å². The third-order valence-electron chi connectivity index (χ3n) is 4.02. The molecule has 0 unspecified atom stereocenters. The number of hydrogen-bond donors (Lipinski definition) is 3. The topological polar surface area (TPSA) is 72.3 Å². The van der Waals surface area contributed by atoms with Crippen molar-refractivity contribution in [3.63, 3.8) is 0 Å². The van der Waals surface area contributed by atoms with Crippen LogP contribution in [-0.2, 0) is 6.54 Å². The van der Waals surface area contributed by atoms with Gasteiger partial charge in [0.25, 0.3) is 0 Å². The summed E-state index contributed by atoms with van der Waals surface area (Å²) in [6, 6.07) is 13.1. The van der Waals surface area contributed by atoms with Crippen molar-refractivity contribution >= 4 is 16.8 Å². The van der Waals surface area contributed by atoms with Crippen molar-refractivity contribution in [3.05, 3.63) is 95.6 Å². The van der Waals surface area contributed by atoms with Crippen molar-refractivity contribution in [2.75, 3.05) is 5.73 Å². The smallest absolute Gasteiger partial charge is 0.116 e. The Morgan fingerprint density at radius 2 is 1.79 bits per heavy atom. The van der Waals surface area contributed by atoms with Crippen LogP contribution in [0, 0.1) is 0 Å². The maximum atomic E-state index is 9.84. The van der Waals surface area contributed by atoms with E-state index in [9.17, 15) is 5.11 Å². The van der Waals surface area contributed by atoms with E-state index in [1.54, 1.807) is 12.1 Å². The lowest BCUT2D eigenvalue weighted by molar-refractivity contribution is 0.475. The average molecular weight is 316 g/mol. The molecule has 0 heterocycles. The van der Waals surface area contributed by atoms with E-state index in [1.807, 2.05) is 54.6 Å². The van der Waals surface area contributed by atoms with E-state index in [2.05, 4.69) is 6.58 Å². The lowest BCUT2D eigenvalue weighted by Crippen LogP contribution is -2.02. The van der Waals surface area contributed by atoms with Gasteiger partial charge in [0.1, 0.15) is 5.75 Å². The van der Waals surface area contributed by atoms with Gasteiger partial charge in [0, 0.05) is 12.2 Å². The molecule has 120 valence electrons. The van der Waals surface area contributed by atoms with Gasteiger partial charge in [0.15, 0.2) is 0 Å². The molecule has 0 saturated carbocycles. The second-order valence-corrected chi connectivity index (χ2v) is 5.74. The first-order valence-corrected chi connectivity index (χ1v) is 7.76. The first-order chi connectivity index (χ1) is 11.6. The Bertz CT molecular complexity index is 888. The normalized spacial score (nSPS) is 14.1. The van der Waals surface area contributed by atoms with Gasteiger partial charge in [0.2, 0.25) is 0 Å². The summed E-state index contributed by atoms with van der Waals surface area (Å²) in [5.41, 5.74) is 18.2. The molecule has 1 aliphatic rings. The van der Waals surface area contributed by atoms with Gasteiger partial charge in [-0.25, -0.2) is 0 Å². The summed E-state index contributed by atoms with van der Waals surface area (Å²) in [6.45, 7) is 4.44. The first-order valence-electron chi connectivity index (χ1n) is 7.76. The van der Waals surface area contributed by atoms with Crippen LogP contribution in [0.15, 0.2) is 78.9 Å². The lowest BCUT2D eigenvalue weighted by atomic mass is 9.90. The van der Waals surface area contributed by atoms with Crippen LogP contribution in [0.2, 0.25) is 0 Å². The number of aromatic hydroxyl groups is 1. The highest BCUT2D eigenvalue weighted by Crippen LogP contribution is 2.36. The van der Waals surface area contributed by atoms with Crippen molar-refractivity contribution in [2.24, 2.45) is 5.73 Å². The minimum atomic E-state index is 0.232.